The lowest BCUT2D eigenvalue weighted by Crippen LogP contribution is -2.41. The third-order valence-electron chi connectivity index (χ3n) is 4.74. The number of carbonyl (C=O) groups is 1. The van der Waals surface area contributed by atoms with E-state index in [1.165, 1.54) is 0 Å². The van der Waals surface area contributed by atoms with Gasteiger partial charge in [0.1, 0.15) is 5.60 Å². The molecule has 1 aliphatic heterocycles. The van der Waals surface area contributed by atoms with Crippen LogP contribution in [0.2, 0.25) is 0 Å². The molecule has 0 aromatic heterocycles. The highest BCUT2D eigenvalue weighted by molar-refractivity contribution is 5.69. The molecule has 5 nitrogen and oxygen atoms in total. The fourth-order valence-electron chi connectivity index (χ4n) is 3.21. The van der Waals surface area contributed by atoms with Crippen molar-refractivity contribution in [2.24, 2.45) is 5.73 Å². The summed E-state index contributed by atoms with van der Waals surface area (Å²) in [6, 6.07) is -0.515. The number of rotatable bonds is 7. The fourth-order valence-corrected chi connectivity index (χ4v) is 3.21. The van der Waals surface area contributed by atoms with Crippen LogP contribution in [0.1, 0.15) is 54.4 Å². The van der Waals surface area contributed by atoms with Crippen LogP contribution >= 0.6 is 0 Å². The first-order valence-corrected chi connectivity index (χ1v) is 8.76. The minimum atomic E-state index is -3.05. The molecule has 0 spiro atoms. The minimum Gasteiger partial charge on any atom is -0.443 e. The molecule has 24 heavy (non-hydrogen) atoms. The van der Waals surface area contributed by atoms with E-state index in [-0.39, 0.29) is 6.54 Å². The minimum absolute atomic E-state index is 0.171. The Morgan fingerprint density at radius 1 is 1.42 bits per heavy atom. The van der Waals surface area contributed by atoms with E-state index < -0.39 is 30.2 Å². The average molecular weight is 349 g/mol. The van der Waals surface area contributed by atoms with Crippen molar-refractivity contribution in [3.05, 3.63) is 0 Å². The Bertz CT molecular complexity index is 430. The molecule has 1 heterocycles. The van der Waals surface area contributed by atoms with Crippen molar-refractivity contribution in [2.75, 3.05) is 19.6 Å². The second kappa shape index (κ2) is 7.95. The maximum atomic E-state index is 13.5. The number of amides is 1. The number of carbonyl (C=O) groups excluding carboxylic acids is 1. The van der Waals surface area contributed by atoms with Gasteiger partial charge in [0.25, 0.3) is 5.92 Å². The monoisotopic (exact) mass is 349 g/mol. The Labute approximate surface area is 144 Å². The van der Waals surface area contributed by atoms with Crippen LogP contribution in [0.15, 0.2) is 0 Å². The molecule has 1 saturated heterocycles. The van der Waals surface area contributed by atoms with Crippen LogP contribution in [-0.2, 0) is 4.74 Å². The highest BCUT2D eigenvalue weighted by atomic mass is 19.3. The standard InChI is InChI=1S/C17H33F2N3O2/c1-7-22(12(2)3)13(4)8-9-16(5,6)24-15(23)21-10-14(20)17(18,19)11-21/h12-14H,7-11,20H2,1-6H3. The number of ether oxygens (including phenoxy) is 1. The molecule has 7 heteroatoms. The maximum Gasteiger partial charge on any atom is 0.410 e. The van der Waals surface area contributed by atoms with Gasteiger partial charge in [-0.25, -0.2) is 13.6 Å². The van der Waals surface area contributed by atoms with Crippen LogP contribution in [0, 0.1) is 0 Å². The molecule has 0 bridgehead atoms. The van der Waals surface area contributed by atoms with Gasteiger partial charge >= 0.3 is 6.09 Å². The van der Waals surface area contributed by atoms with Gasteiger partial charge in [0.05, 0.1) is 12.6 Å². The second-order valence-electron chi connectivity index (χ2n) is 7.69. The summed E-state index contributed by atoms with van der Waals surface area (Å²) in [6.07, 6.45) is 0.818. The molecule has 1 rings (SSSR count). The van der Waals surface area contributed by atoms with Gasteiger partial charge in [0.2, 0.25) is 0 Å². The normalized spacial score (nSPS) is 22.3. The van der Waals surface area contributed by atoms with E-state index in [1.54, 1.807) is 0 Å². The summed E-state index contributed by atoms with van der Waals surface area (Å²) in [5.41, 5.74) is 4.67. The van der Waals surface area contributed by atoms with Crippen LogP contribution in [0.25, 0.3) is 0 Å². The van der Waals surface area contributed by atoms with Crippen molar-refractivity contribution in [1.29, 1.82) is 0 Å². The van der Waals surface area contributed by atoms with Crippen molar-refractivity contribution in [3.8, 4) is 0 Å². The van der Waals surface area contributed by atoms with Crippen molar-refractivity contribution in [3.63, 3.8) is 0 Å². The second-order valence-corrected chi connectivity index (χ2v) is 7.69. The number of hydrogen-bond acceptors (Lipinski definition) is 4. The van der Waals surface area contributed by atoms with Crippen LogP contribution in [-0.4, -0.2) is 65.2 Å². The lowest BCUT2D eigenvalue weighted by atomic mass is 9.98. The van der Waals surface area contributed by atoms with E-state index >= 15 is 0 Å². The molecular formula is C17H33F2N3O2. The molecule has 2 N–H and O–H groups in total. The Morgan fingerprint density at radius 3 is 2.42 bits per heavy atom. The molecule has 2 unspecified atom stereocenters. The quantitative estimate of drug-likeness (QED) is 0.767. The van der Waals surface area contributed by atoms with E-state index in [0.29, 0.717) is 18.5 Å². The lowest BCUT2D eigenvalue weighted by molar-refractivity contribution is -0.0162. The molecule has 2 atom stereocenters. The number of likely N-dealkylation sites (tertiary alicyclic amines) is 1. The van der Waals surface area contributed by atoms with E-state index in [2.05, 4.69) is 32.6 Å². The Morgan fingerprint density at radius 2 is 2.00 bits per heavy atom. The van der Waals surface area contributed by atoms with Gasteiger partial charge in [-0.2, -0.15) is 0 Å². The van der Waals surface area contributed by atoms with E-state index in [1.807, 2.05) is 13.8 Å². The Balaban J connectivity index is 2.53. The van der Waals surface area contributed by atoms with Crippen LogP contribution < -0.4 is 5.73 Å². The molecule has 0 radical (unpaired) electrons. The van der Waals surface area contributed by atoms with Crippen molar-refractivity contribution in [2.45, 2.75) is 84.0 Å². The molecule has 0 aromatic carbocycles. The third-order valence-corrected chi connectivity index (χ3v) is 4.74. The third kappa shape index (κ3) is 5.55. The first kappa shape index (κ1) is 21.1. The summed E-state index contributed by atoms with van der Waals surface area (Å²) in [5, 5.41) is 0. The van der Waals surface area contributed by atoms with Gasteiger partial charge in [-0.05, 0) is 54.0 Å². The van der Waals surface area contributed by atoms with Crippen molar-refractivity contribution in [1.82, 2.24) is 9.80 Å². The first-order chi connectivity index (χ1) is 10.9. The van der Waals surface area contributed by atoms with E-state index in [4.69, 9.17) is 10.5 Å². The highest BCUT2D eigenvalue weighted by Gasteiger charge is 2.48. The number of nitrogens with zero attached hydrogens (tertiary/aromatic N) is 2. The molecule has 1 fully saturated rings. The summed E-state index contributed by atoms with van der Waals surface area (Å²) in [5.74, 6) is -3.05. The van der Waals surface area contributed by atoms with Gasteiger partial charge in [0, 0.05) is 18.6 Å². The number of hydrogen-bond donors (Lipinski definition) is 1. The fraction of sp³-hybridized carbons (Fsp3) is 0.941. The van der Waals surface area contributed by atoms with Crippen LogP contribution in [0.3, 0.4) is 0 Å². The van der Waals surface area contributed by atoms with Gasteiger partial charge in [0.15, 0.2) is 0 Å². The summed E-state index contributed by atoms with van der Waals surface area (Å²) < 4.78 is 32.4. The van der Waals surface area contributed by atoms with Gasteiger partial charge in [-0.3, -0.25) is 4.90 Å². The SMILES string of the molecule is CCN(C(C)C)C(C)CCC(C)(C)OC(=O)N1CC(N)C(F)(F)C1. The zero-order valence-electron chi connectivity index (χ0n) is 15.8. The van der Waals surface area contributed by atoms with Gasteiger partial charge in [-0.1, -0.05) is 6.92 Å². The molecule has 1 amide bonds. The summed E-state index contributed by atoms with van der Waals surface area (Å²) in [7, 11) is 0. The zero-order valence-corrected chi connectivity index (χ0v) is 15.8. The van der Waals surface area contributed by atoms with Crippen LogP contribution in [0.5, 0.6) is 0 Å². The molecule has 142 valence electrons. The Kier molecular flexibility index (Phi) is 6.99. The Hall–Kier alpha value is -0.950. The highest BCUT2D eigenvalue weighted by Crippen LogP contribution is 2.28. The smallest absolute Gasteiger partial charge is 0.410 e. The lowest BCUT2D eigenvalue weighted by Gasteiger charge is -2.34. The average Bonchev–Trinajstić information content (AvgIpc) is 2.71. The number of halogens is 2. The summed E-state index contributed by atoms with van der Waals surface area (Å²) in [6.45, 7) is 12.3. The summed E-state index contributed by atoms with van der Waals surface area (Å²) in [4.78, 5) is 15.5. The van der Waals surface area contributed by atoms with Gasteiger partial charge in [-0.15, -0.1) is 0 Å². The van der Waals surface area contributed by atoms with E-state index in [9.17, 15) is 13.6 Å². The van der Waals surface area contributed by atoms with E-state index in [0.717, 1.165) is 17.9 Å². The number of nitrogens with two attached hydrogens (primary N) is 1. The summed E-state index contributed by atoms with van der Waals surface area (Å²) >= 11 is 0. The zero-order chi connectivity index (χ0) is 18.7. The molecular weight excluding hydrogens is 316 g/mol. The molecule has 0 saturated carbocycles. The number of alkyl halides is 2. The van der Waals surface area contributed by atoms with Gasteiger partial charge < -0.3 is 15.4 Å². The molecule has 0 aliphatic carbocycles. The predicted molar refractivity (Wildman–Crippen MR) is 91.3 cm³/mol. The first-order valence-electron chi connectivity index (χ1n) is 8.76. The maximum absolute atomic E-state index is 13.5. The van der Waals surface area contributed by atoms with Crippen LogP contribution in [0.4, 0.5) is 13.6 Å². The molecule has 1 aliphatic rings. The predicted octanol–water partition coefficient (Wildman–Crippen LogP) is 3.08. The van der Waals surface area contributed by atoms with Crippen molar-refractivity contribution >= 4 is 6.09 Å². The molecule has 0 aromatic rings. The largest absolute Gasteiger partial charge is 0.443 e. The topological polar surface area (TPSA) is 58.8 Å². The van der Waals surface area contributed by atoms with Crippen molar-refractivity contribution < 1.29 is 18.3 Å².